The molecule has 0 aliphatic heterocycles. The molecule has 0 bridgehead atoms. The normalized spacial score (nSPS) is 10.3. The van der Waals surface area contributed by atoms with Crippen LogP contribution in [0.1, 0.15) is 0 Å². The van der Waals surface area contributed by atoms with E-state index < -0.39 is 0 Å². The molecule has 0 atom stereocenters. The van der Waals surface area contributed by atoms with Gasteiger partial charge in [-0.1, -0.05) is 6.07 Å². The van der Waals surface area contributed by atoms with Crippen LogP contribution in [0, 0.1) is 0 Å². The molecule has 0 saturated carbocycles. The molecule has 0 spiro atoms. The number of aromatic nitrogens is 3. The van der Waals surface area contributed by atoms with Crippen molar-refractivity contribution in [3.8, 4) is 10.7 Å². The lowest BCUT2D eigenvalue weighted by atomic mass is 10.4. The highest BCUT2D eigenvalue weighted by atomic mass is 35.5. The molecule has 6 heteroatoms. The Morgan fingerprint density at radius 2 is 1.77 bits per heavy atom. The number of halogens is 2. The Labute approximate surface area is 88.4 Å². The van der Waals surface area contributed by atoms with E-state index >= 15 is 0 Å². The number of hydrogen-bond acceptors (Lipinski definition) is 4. The molecule has 0 unspecified atom stereocenters. The predicted octanol–water partition coefficient (Wildman–Crippen LogP) is 2.91. The SMILES string of the molecule is Clc1nc(Cl)nc(-c2cccs2)n1. The lowest BCUT2D eigenvalue weighted by molar-refractivity contribution is 1.06. The van der Waals surface area contributed by atoms with Gasteiger partial charge in [0.05, 0.1) is 4.88 Å². The van der Waals surface area contributed by atoms with Crippen molar-refractivity contribution in [1.82, 2.24) is 15.0 Å². The summed E-state index contributed by atoms with van der Waals surface area (Å²) < 4.78 is 0. The standard InChI is InChI=1S/C7H3Cl2N3S/c8-6-10-5(11-7(9)12-6)4-2-1-3-13-4/h1-3H. The summed E-state index contributed by atoms with van der Waals surface area (Å²) in [6.07, 6.45) is 0. The number of rotatable bonds is 1. The summed E-state index contributed by atoms with van der Waals surface area (Å²) in [6.45, 7) is 0. The van der Waals surface area contributed by atoms with Gasteiger partial charge in [-0.05, 0) is 34.6 Å². The van der Waals surface area contributed by atoms with Gasteiger partial charge in [0, 0.05) is 0 Å². The Balaban J connectivity index is 2.53. The van der Waals surface area contributed by atoms with Gasteiger partial charge in [0.15, 0.2) is 5.82 Å². The van der Waals surface area contributed by atoms with E-state index in [-0.39, 0.29) is 10.6 Å². The van der Waals surface area contributed by atoms with Gasteiger partial charge in [0.1, 0.15) is 0 Å². The van der Waals surface area contributed by atoms with E-state index in [2.05, 4.69) is 15.0 Å². The van der Waals surface area contributed by atoms with Crippen LogP contribution in [0.25, 0.3) is 10.7 Å². The molecule has 0 fully saturated rings. The molecule has 2 aromatic heterocycles. The van der Waals surface area contributed by atoms with E-state index in [4.69, 9.17) is 23.2 Å². The lowest BCUT2D eigenvalue weighted by Crippen LogP contribution is -1.91. The first kappa shape index (κ1) is 8.87. The third-order valence-electron chi connectivity index (χ3n) is 1.32. The van der Waals surface area contributed by atoms with Crippen LogP contribution in [0.2, 0.25) is 10.6 Å². The summed E-state index contributed by atoms with van der Waals surface area (Å²) in [5.41, 5.74) is 0. The highest BCUT2D eigenvalue weighted by molar-refractivity contribution is 7.13. The van der Waals surface area contributed by atoms with Crippen LogP contribution in [-0.2, 0) is 0 Å². The minimum atomic E-state index is 0.114. The van der Waals surface area contributed by atoms with Gasteiger partial charge in [0.25, 0.3) is 0 Å². The molecule has 0 amide bonds. The molecule has 0 aliphatic carbocycles. The maximum absolute atomic E-state index is 5.62. The van der Waals surface area contributed by atoms with E-state index in [0.29, 0.717) is 5.82 Å². The second-order valence-corrected chi connectivity index (χ2v) is 3.80. The molecule has 2 aromatic rings. The second kappa shape index (κ2) is 3.57. The molecule has 0 aromatic carbocycles. The number of hydrogen-bond donors (Lipinski definition) is 0. The van der Waals surface area contributed by atoms with Crippen LogP contribution in [0.3, 0.4) is 0 Å². The second-order valence-electron chi connectivity index (χ2n) is 2.17. The minimum Gasteiger partial charge on any atom is -0.197 e. The van der Waals surface area contributed by atoms with Crippen molar-refractivity contribution in [3.05, 3.63) is 28.1 Å². The highest BCUT2D eigenvalue weighted by Crippen LogP contribution is 2.22. The van der Waals surface area contributed by atoms with Crippen LogP contribution >= 0.6 is 34.5 Å². The van der Waals surface area contributed by atoms with Crippen LogP contribution in [0.15, 0.2) is 17.5 Å². The summed E-state index contributed by atoms with van der Waals surface area (Å²) in [6, 6.07) is 3.80. The van der Waals surface area contributed by atoms with Crippen LogP contribution < -0.4 is 0 Å². The minimum absolute atomic E-state index is 0.114. The van der Waals surface area contributed by atoms with Gasteiger partial charge in [-0.15, -0.1) is 11.3 Å². The summed E-state index contributed by atoms with van der Waals surface area (Å²) in [5, 5.41) is 2.16. The van der Waals surface area contributed by atoms with E-state index in [1.54, 1.807) is 0 Å². The average molecular weight is 232 g/mol. The third kappa shape index (κ3) is 1.96. The van der Waals surface area contributed by atoms with E-state index in [0.717, 1.165) is 4.88 Å². The van der Waals surface area contributed by atoms with Gasteiger partial charge >= 0.3 is 0 Å². The third-order valence-corrected chi connectivity index (χ3v) is 2.53. The van der Waals surface area contributed by atoms with Crippen molar-refractivity contribution >= 4 is 34.5 Å². The van der Waals surface area contributed by atoms with Crippen molar-refractivity contribution in [1.29, 1.82) is 0 Å². The number of thiophene rings is 1. The lowest BCUT2D eigenvalue weighted by Gasteiger charge is -1.95. The molecule has 2 heterocycles. The van der Waals surface area contributed by atoms with Crippen molar-refractivity contribution < 1.29 is 0 Å². The zero-order chi connectivity index (χ0) is 9.26. The van der Waals surface area contributed by atoms with Crippen molar-refractivity contribution in [2.24, 2.45) is 0 Å². The first-order chi connectivity index (χ1) is 6.25. The van der Waals surface area contributed by atoms with E-state index in [9.17, 15) is 0 Å². The zero-order valence-electron chi connectivity index (χ0n) is 6.24. The maximum Gasteiger partial charge on any atom is 0.227 e. The van der Waals surface area contributed by atoms with Crippen LogP contribution in [0.4, 0.5) is 0 Å². The molecule has 0 N–H and O–H groups in total. The molecule has 0 saturated heterocycles. The molecule has 3 nitrogen and oxygen atoms in total. The Morgan fingerprint density at radius 3 is 2.31 bits per heavy atom. The zero-order valence-corrected chi connectivity index (χ0v) is 8.57. The Bertz CT molecular complexity index is 395. The summed E-state index contributed by atoms with van der Waals surface area (Å²) in [7, 11) is 0. The van der Waals surface area contributed by atoms with E-state index in [1.165, 1.54) is 11.3 Å². The first-order valence-corrected chi connectivity index (χ1v) is 5.00. The molecule has 66 valence electrons. The Morgan fingerprint density at radius 1 is 1.08 bits per heavy atom. The highest BCUT2D eigenvalue weighted by Gasteiger charge is 2.05. The van der Waals surface area contributed by atoms with Crippen molar-refractivity contribution in [2.45, 2.75) is 0 Å². The average Bonchev–Trinajstić information content (AvgIpc) is 2.53. The summed E-state index contributed by atoms with van der Waals surface area (Å²) in [4.78, 5) is 12.5. The largest absolute Gasteiger partial charge is 0.227 e. The van der Waals surface area contributed by atoms with Gasteiger partial charge in [0.2, 0.25) is 10.6 Å². The van der Waals surface area contributed by atoms with Crippen LogP contribution in [-0.4, -0.2) is 15.0 Å². The molecule has 0 aliphatic rings. The van der Waals surface area contributed by atoms with Crippen LogP contribution in [0.5, 0.6) is 0 Å². The Hall–Kier alpha value is -0.710. The van der Waals surface area contributed by atoms with Gasteiger partial charge in [-0.2, -0.15) is 15.0 Å². The fraction of sp³-hybridized carbons (Fsp3) is 0. The predicted molar refractivity (Wildman–Crippen MR) is 53.2 cm³/mol. The quantitative estimate of drug-likeness (QED) is 0.758. The molecular formula is C7H3Cl2N3S. The maximum atomic E-state index is 5.62. The first-order valence-electron chi connectivity index (χ1n) is 3.36. The van der Waals surface area contributed by atoms with Gasteiger partial charge in [-0.3, -0.25) is 0 Å². The molecule has 0 radical (unpaired) electrons. The van der Waals surface area contributed by atoms with Crippen molar-refractivity contribution in [3.63, 3.8) is 0 Å². The Kier molecular flexibility index (Phi) is 2.44. The van der Waals surface area contributed by atoms with Gasteiger partial charge < -0.3 is 0 Å². The molecule has 2 rings (SSSR count). The van der Waals surface area contributed by atoms with Crippen molar-refractivity contribution in [2.75, 3.05) is 0 Å². The molecular weight excluding hydrogens is 229 g/mol. The smallest absolute Gasteiger partial charge is 0.197 e. The number of nitrogens with zero attached hydrogens (tertiary/aromatic N) is 3. The monoisotopic (exact) mass is 231 g/mol. The van der Waals surface area contributed by atoms with E-state index in [1.807, 2.05) is 17.5 Å². The fourth-order valence-electron chi connectivity index (χ4n) is 0.842. The summed E-state index contributed by atoms with van der Waals surface area (Å²) in [5.74, 6) is 0.514. The molecule has 13 heavy (non-hydrogen) atoms. The van der Waals surface area contributed by atoms with Gasteiger partial charge in [-0.25, -0.2) is 0 Å². The summed E-state index contributed by atoms with van der Waals surface area (Å²) >= 11 is 12.8. The topological polar surface area (TPSA) is 38.7 Å². The fourth-order valence-corrected chi connectivity index (χ4v) is 1.86.